The highest BCUT2D eigenvalue weighted by atomic mass is 32.3. The highest BCUT2D eigenvalue weighted by Crippen LogP contribution is 2.46. The number of aryl methyl sites for hydroxylation is 1. The predicted octanol–water partition coefficient (Wildman–Crippen LogP) is 3.78. The number of hydrogen-bond acceptors (Lipinski definition) is 6. The van der Waals surface area contributed by atoms with Crippen LogP contribution in [-0.2, 0) is 6.54 Å². The van der Waals surface area contributed by atoms with Crippen LogP contribution >= 0.6 is 10.6 Å². The van der Waals surface area contributed by atoms with Crippen molar-refractivity contribution >= 4 is 38.9 Å². The molecule has 0 bridgehead atoms. The largest absolute Gasteiger partial charge is 0.379 e. The minimum Gasteiger partial charge on any atom is -0.379 e. The average molecular weight is 419 g/mol. The van der Waals surface area contributed by atoms with Crippen LogP contribution in [0.15, 0.2) is 36.7 Å². The molecular weight excluding hydrogens is 397 g/mol. The molecule has 1 unspecified atom stereocenters. The van der Waals surface area contributed by atoms with E-state index in [0.29, 0.717) is 46.7 Å². The summed E-state index contributed by atoms with van der Waals surface area (Å²) < 4.78 is 34.8. The SMILES string of the molecule is CCn1ncc2c(NC3CCS(O)(O)C3)c(C(=O)Nc3ccc(F)cc3)cnc21. The molecule has 1 aliphatic rings. The van der Waals surface area contributed by atoms with Crippen LogP contribution in [0.4, 0.5) is 15.8 Å². The van der Waals surface area contributed by atoms with Gasteiger partial charge in [-0.1, -0.05) is 0 Å². The second-order valence-electron chi connectivity index (χ2n) is 7.01. The van der Waals surface area contributed by atoms with Gasteiger partial charge in [-0.2, -0.15) is 15.7 Å². The molecule has 1 saturated heterocycles. The Hall–Kier alpha value is -2.69. The summed E-state index contributed by atoms with van der Waals surface area (Å²) in [5.41, 5.74) is 1.96. The fourth-order valence-electron chi connectivity index (χ4n) is 3.46. The minimum atomic E-state index is -2.59. The van der Waals surface area contributed by atoms with Gasteiger partial charge >= 0.3 is 0 Å². The fourth-order valence-corrected chi connectivity index (χ4v) is 5.18. The van der Waals surface area contributed by atoms with Crippen LogP contribution in [0.5, 0.6) is 0 Å². The zero-order valence-electron chi connectivity index (χ0n) is 15.8. The van der Waals surface area contributed by atoms with Crippen LogP contribution in [0.2, 0.25) is 0 Å². The van der Waals surface area contributed by atoms with Gasteiger partial charge in [0, 0.05) is 30.2 Å². The number of hydrogen-bond donors (Lipinski definition) is 4. The van der Waals surface area contributed by atoms with Crippen LogP contribution < -0.4 is 10.6 Å². The van der Waals surface area contributed by atoms with Crippen molar-refractivity contribution in [2.45, 2.75) is 25.9 Å². The monoisotopic (exact) mass is 419 g/mol. The molecule has 8 nitrogen and oxygen atoms in total. The first-order chi connectivity index (χ1) is 13.9. The van der Waals surface area contributed by atoms with Gasteiger partial charge in [0.25, 0.3) is 5.91 Å². The van der Waals surface area contributed by atoms with Crippen molar-refractivity contribution in [2.24, 2.45) is 0 Å². The lowest BCUT2D eigenvalue weighted by Gasteiger charge is -2.26. The first-order valence-corrected chi connectivity index (χ1v) is 11.2. The maximum absolute atomic E-state index is 13.1. The summed E-state index contributed by atoms with van der Waals surface area (Å²) in [5.74, 6) is -0.217. The number of nitrogens with one attached hydrogen (secondary N) is 2. The average Bonchev–Trinajstić information content (AvgIpc) is 3.26. The van der Waals surface area contributed by atoms with E-state index in [9.17, 15) is 18.3 Å². The molecule has 1 aliphatic heterocycles. The van der Waals surface area contributed by atoms with E-state index >= 15 is 0 Å². The predicted molar refractivity (Wildman–Crippen MR) is 112 cm³/mol. The first kappa shape index (κ1) is 19.6. The Morgan fingerprint density at radius 3 is 2.72 bits per heavy atom. The van der Waals surface area contributed by atoms with E-state index in [2.05, 4.69) is 20.7 Å². The number of rotatable bonds is 5. The zero-order valence-corrected chi connectivity index (χ0v) is 16.6. The van der Waals surface area contributed by atoms with Crippen LogP contribution in [0, 0.1) is 5.82 Å². The minimum absolute atomic E-state index is 0.173. The third-order valence-corrected chi connectivity index (χ3v) is 6.75. The second-order valence-corrected chi connectivity index (χ2v) is 9.35. The van der Waals surface area contributed by atoms with Crippen LogP contribution in [0.1, 0.15) is 23.7 Å². The van der Waals surface area contributed by atoms with Crippen LogP contribution in [0.25, 0.3) is 11.0 Å². The number of carbonyl (C=O) groups excluding carboxylic acids is 1. The van der Waals surface area contributed by atoms with Crippen molar-refractivity contribution in [3.63, 3.8) is 0 Å². The number of nitrogens with zero attached hydrogens (tertiary/aromatic N) is 3. The number of aromatic nitrogens is 3. The lowest BCUT2D eigenvalue weighted by molar-refractivity contribution is 0.102. The Morgan fingerprint density at radius 2 is 2.07 bits per heavy atom. The Bertz CT molecular complexity index is 1050. The summed E-state index contributed by atoms with van der Waals surface area (Å²) in [7, 11) is -2.59. The van der Waals surface area contributed by atoms with Crippen molar-refractivity contribution in [3.05, 3.63) is 48.0 Å². The first-order valence-electron chi connectivity index (χ1n) is 9.28. The Kier molecular flexibility index (Phi) is 5.15. The lowest BCUT2D eigenvalue weighted by Crippen LogP contribution is -2.23. The summed E-state index contributed by atoms with van der Waals surface area (Å²) in [4.78, 5) is 17.3. The molecule has 2 aromatic heterocycles. The number of anilines is 2. The molecule has 1 atom stereocenters. The molecule has 3 heterocycles. The highest BCUT2D eigenvalue weighted by molar-refractivity contribution is 8.24. The van der Waals surface area contributed by atoms with Gasteiger partial charge in [0.05, 0.1) is 28.6 Å². The molecule has 1 amide bonds. The molecule has 1 aromatic carbocycles. The zero-order chi connectivity index (χ0) is 20.6. The standard InChI is InChI=1S/C19H22FN5O3S/c1-2-25-18-15(10-22-25)17(23-14-7-8-29(27,28)11-14)16(9-21-18)19(26)24-13-5-3-12(20)4-6-13/h3-6,9-10,14,27-28H,2,7-8,11H2,1H3,(H,21,23)(H,24,26). The molecule has 0 radical (unpaired) electrons. The summed E-state index contributed by atoms with van der Waals surface area (Å²) in [5, 5.41) is 11.1. The molecule has 10 heteroatoms. The fraction of sp³-hybridized carbons (Fsp3) is 0.316. The van der Waals surface area contributed by atoms with E-state index in [1.165, 1.54) is 30.5 Å². The van der Waals surface area contributed by atoms with Gasteiger partial charge in [0.15, 0.2) is 5.65 Å². The molecule has 0 saturated carbocycles. The Labute approximate surface area is 168 Å². The van der Waals surface area contributed by atoms with Gasteiger partial charge in [0.2, 0.25) is 0 Å². The normalized spacial score (nSPS) is 19.2. The summed E-state index contributed by atoms with van der Waals surface area (Å²) in [6.07, 6.45) is 3.72. The van der Waals surface area contributed by atoms with Gasteiger partial charge < -0.3 is 10.6 Å². The van der Waals surface area contributed by atoms with Gasteiger partial charge in [-0.25, -0.2) is 14.1 Å². The lowest BCUT2D eigenvalue weighted by atomic mass is 10.1. The number of fused-ring (bicyclic) bond motifs is 1. The van der Waals surface area contributed by atoms with Crippen LogP contribution in [-0.4, -0.2) is 47.3 Å². The van der Waals surface area contributed by atoms with Gasteiger partial charge in [-0.05, 0) is 37.6 Å². The van der Waals surface area contributed by atoms with Crippen LogP contribution in [0.3, 0.4) is 0 Å². The van der Waals surface area contributed by atoms with Crippen molar-refractivity contribution in [1.29, 1.82) is 0 Å². The summed E-state index contributed by atoms with van der Waals surface area (Å²) >= 11 is 0. The Morgan fingerprint density at radius 1 is 1.31 bits per heavy atom. The van der Waals surface area contributed by atoms with Crippen molar-refractivity contribution in [2.75, 3.05) is 22.1 Å². The quantitative estimate of drug-likeness (QED) is 0.501. The number of amides is 1. The molecule has 1 fully saturated rings. The highest BCUT2D eigenvalue weighted by Gasteiger charge is 2.30. The molecular formula is C19H22FN5O3S. The van der Waals surface area contributed by atoms with E-state index in [1.54, 1.807) is 10.9 Å². The third kappa shape index (κ3) is 4.04. The van der Waals surface area contributed by atoms with E-state index in [0.717, 1.165) is 0 Å². The molecule has 0 aliphatic carbocycles. The van der Waals surface area contributed by atoms with E-state index in [-0.39, 0.29) is 17.6 Å². The van der Waals surface area contributed by atoms with E-state index in [4.69, 9.17) is 0 Å². The summed E-state index contributed by atoms with van der Waals surface area (Å²) in [6.45, 7) is 2.57. The second kappa shape index (κ2) is 7.62. The molecule has 154 valence electrons. The molecule has 0 spiro atoms. The smallest absolute Gasteiger partial charge is 0.259 e. The van der Waals surface area contributed by atoms with Crippen molar-refractivity contribution in [3.8, 4) is 0 Å². The third-order valence-electron chi connectivity index (χ3n) is 4.92. The van der Waals surface area contributed by atoms with Gasteiger partial charge in [-0.15, -0.1) is 0 Å². The number of pyridine rings is 1. The van der Waals surface area contributed by atoms with Crippen molar-refractivity contribution in [1.82, 2.24) is 14.8 Å². The van der Waals surface area contributed by atoms with Gasteiger partial charge in [0.1, 0.15) is 5.82 Å². The van der Waals surface area contributed by atoms with E-state index < -0.39 is 16.5 Å². The molecule has 4 rings (SSSR count). The molecule has 29 heavy (non-hydrogen) atoms. The summed E-state index contributed by atoms with van der Waals surface area (Å²) in [6, 6.07) is 5.32. The van der Waals surface area contributed by atoms with Crippen molar-refractivity contribution < 1.29 is 18.3 Å². The number of halogens is 1. The molecule has 4 N–H and O–H groups in total. The van der Waals surface area contributed by atoms with Gasteiger partial charge in [-0.3, -0.25) is 13.9 Å². The maximum Gasteiger partial charge on any atom is 0.259 e. The Balaban J connectivity index is 1.70. The molecule has 3 aromatic rings. The van der Waals surface area contributed by atoms with E-state index in [1.807, 2.05) is 6.92 Å². The topological polar surface area (TPSA) is 112 Å². The number of carbonyl (C=O) groups is 1. The number of benzene rings is 1. The maximum atomic E-state index is 13.1.